The normalized spacial score (nSPS) is 13.1. The Balaban J connectivity index is 0.000000625. The number of ether oxygens (including phenoxy) is 1. The van der Waals surface area contributed by atoms with Crippen molar-refractivity contribution in [2.75, 3.05) is 19.7 Å². The molecule has 0 spiro atoms. The highest BCUT2D eigenvalue weighted by Crippen LogP contribution is 2.23. The van der Waals surface area contributed by atoms with Crippen molar-refractivity contribution in [2.24, 2.45) is 10.7 Å². The van der Waals surface area contributed by atoms with Gasteiger partial charge in [-0.05, 0) is 62.6 Å². The quantitative estimate of drug-likeness (QED) is 0.477. The van der Waals surface area contributed by atoms with Crippen LogP contribution in [0.5, 0.6) is 0 Å². The Kier molecular flexibility index (Phi) is 11.2. The van der Waals surface area contributed by atoms with E-state index in [1.807, 2.05) is 26.0 Å². The van der Waals surface area contributed by atoms with Crippen LogP contribution in [0.25, 0.3) is 0 Å². The number of aryl methyl sites for hydroxylation is 2. The first kappa shape index (κ1) is 27.9. The molecule has 0 fully saturated rings. The SMILES string of the molecule is CCOC(=O)CC(NC(=O)CNC(=O)c1cccc(C)c1)c1cc(C)cc(Cl)c1.NC1=NCCC1. The maximum Gasteiger partial charge on any atom is 0.308 e. The summed E-state index contributed by atoms with van der Waals surface area (Å²) in [5.41, 5.74) is 8.32. The van der Waals surface area contributed by atoms with Crippen LogP contribution in [0.1, 0.15) is 59.3 Å². The molecule has 1 heterocycles. The number of rotatable bonds is 8. The van der Waals surface area contributed by atoms with Crippen molar-refractivity contribution in [2.45, 2.75) is 46.1 Å². The lowest BCUT2D eigenvalue weighted by Crippen LogP contribution is -2.39. The fourth-order valence-corrected chi connectivity index (χ4v) is 3.76. The number of hydrogen-bond acceptors (Lipinski definition) is 6. The fraction of sp³-hybridized carbons (Fsp3) is 0.385. The summed E-state index contributed by atoms with van der Waals surface area (Å²) in [4.78, 5) is 40.6. The van der Waals surface area contributed by atoms with Gasteiger partial charge in [0.2, 0.25) is 5.91 Å². The Bertz CT molecular complexity index is 1050. The molecule has 9 heteroatoms. The molecule has 35 heavy (non-hydrogen) atoms. The van der Waals surface area contributed by atoms with Gasteiger partial charge in [-0.25, -0.2) is 0 Å². The zero-order valence-electron chi connectivity index (χ0n) is 20.4. The number of amides is 2. The van der Waals surface area contributed by atoms with Crippen LogP contribution >= 0.6 is 11.6 Å². The van der Waals surface area contributed by atoms with Gasteiger partial charge in [0.15, 0.2) is 0 Å². The summed E-state index contributed by atoms with van der Waals surface area (Å²) in [7, 11) is 0. The molecule has 2 aromatic carbocycles. The second kappa shape index (κ2) is 14.1. The van der Waals surface area contributed by atoms with E-state index in [1.165, 1.54) is 0 Å². The number of aliphatic imine (C=N–C) groups is 1. The summed E-state index contributed by atoms with van der Waals surface area (Å²) in [5, 5.41) is 5.88. The van der Waals surface area contributed by atoms with E-state index < -0.39 is 17.9 Å². The number of nitrogens with zero attached hydrogens (tertiary/aromatic N) is 1. The summed E-state index contributed by atoms with van der Waals surface area (Å²) in [6.07, 6.45) is 2.14. The van der Waals surface area contributed by atoms with Gasteiger partial charge in [-0.15, -0.1) is 0 Å². The summed E-state index contributed by atoms with van der Waals surface area (Å²) in [5.74, 6) is -0.364. The van der Waals surface area contributed by atoms with Crippen LogP contribution in [0, 0.1) is 13.8 Å². The molecule has 0 saturated heterocycles. The van der Waals surface area contributed by atoms with Crippen LogP contribution in [-0.2, 0) is 14.3 Å². The van der Waals surface area contributed by atoms with Gasteiger partial charge in [0, 0.05) is 23.6 Å². The predicted molar refractivity (Wildman–Crippen MR) is 138 cm³/mol. The Morgan fingerprint density at radius 3 is 2.49 bits per heavy atom. The first-order valence-electron chi connectivity index (χ1n) is 11.5. The van der Waals surface area contributed by atoms with Gasteiger partial charge in [0.1, 0.15) is 0 Å². The number of hydrogen-bond donors (Lipinski definition) is 3. The van der Waals surface area contributed by atoms with E-state index >= 15 is 0 Å². The van der Waals surface area contributed by atoms with Crippen LogP contribution in [0.2, 0.25) is 5.02 Å². The maximum atomic E-state index is 12.4. The fourth-order valence-electron chi connectivity index (χ4n) is 3.46. The lowest BCUT2D eigenvalue weighted by molar-refractivity contribution is -0.143. The van der Waals surface area contributed by atoms with E-state index in [0.29, 0.717) is 16.1 Å². The molecule has 0 aromatic heterocycles. The van der Waals surface area contributed by atoms with Crippen molar-refractivity contribution in [1.82, 2.24) is 10.6 Å². The topological polar surface area (TPSA) is 123 Å². The molecule has 0 saturated carbocycles. The Morgan fingerprint density at radius 1 is 1.14 bits per heavy atom. The number of nitrogens with two attached hydrogens (primary N) is 1. The third kappa shape index (κ3) is 10.2. The third-order valence-corrected chi connectivity index (χ3v) is 5.29. The van der Waals surface area contributed by atoms with Crippen LogP contribution in [-0.4, -0.2) is 43.3 Å². The van der Waals surface area contributed by atoms with Gasteiger partial charge in [-0.2, -0.15) is 0 Å². The molecule has 8 nitrogen and oxygen atoms in total. The molecule has 0 bridgehead atoms. The molecule has 2 aromatic rings. The zero-order chi connectivity index (χ0) is 25.8. The van der Waals surface area contributed by atoms with Crippen molar-refractivity contribution in [3.8, 4) is 0 Å². The van der Waals surface area contributed by atoms with E-state index in [4.69, 9.17) is 22.1 Å². The third-order valence-electron chi connectivity index (χ3n) is 5.07. The predicted octanol–water partition coefficient (Wildman–Crippen LogP) is 3.63. The van der Waals surface area contributed by atoms with Gasteiger partial charge in [-0.1, -0.05) is 35.4 Å². The zero-order valence-corrected chi connectivity index (χ0v) is 21.2. The molecule has 1 atom stereocenters. The molecule has 188 valence electrons. The number of carbonyl (C=O) groups is 3. The average Bonchev–Trinajstić information content (AvgIpc) is 3.28. The second-order valence-electron chi connectivity index (χ2n) is 8.22. The first-order valence-corrected chi connectivity index (χ1v) is 11.9. The number of halogens is 1. The van der Waals surface area contributed by atoms with E-state index in [1.54, 1.807) is 37.3 Å². The van der Waals surface area contributed by atoms with E-state index in [2.05, 4.69) is 15.6 Å². The number of amidine groups is 1. The number of carbonyl (C=O) groups excluding carboxylic acids is 3. The molecular formula is C26H33ClN4O4. The van der Waals surface area contributed by atoms with Crippen LogP contribution in [0.15, 0.2) is 47.5 Å². The van der Waals surface area contributed by atoms with Crippen LogP contribution < -0.4 is 16.4 Å². The van der Waals surface area contributed by atoms with Crippen molar-refractivity contribution in [3.05, 3.63) is 69.7 Å². The van der Waals surface area contributed by atoms with Crippen molar-refractivity contribution < 1.29 is 19.1 Å². The van der Waals surface area contributed by atoms with Crippen LogP contribution in [0.4, 0.5) is 0 Å². The molecule has 4 N–H and O–H groups in total. The molecular weight excluding hydrogens is 468 g/mol. The summed E-state index contributed by atoms with van der Waals surface area (Å²) in [6, 6.07) is 11.8. The average molecular weight is 501 g/mol. The van der Waals surface area contributed by atoms with Gasteiger partial charge in [0.05, 0.1) is 31.4 Å². The molecule has 1 aliphatic rings. The van der Waals surface area contributed by atoms with Crippen molar-refractivity contribution >= 4 is 35.2 Å². The van der Waals surface area contributed by atoms with E-state index in [-0.39, 0.29) is 25.5 Å². The van der Waals surface area contributed by atoms with Gasteiger partial charge in [-0.3, -0.25) is 19.4 Å². The Labute approximate surface area is 211 Å². The molecule has 0 radical (unpaired) electrons. The Hall–Kier alpha value is -3.39. The van der Waals surface area contributed by atoms with Gasteiger partial charge >= 0.3 is 5.97 Å². The highest BCUT2D eigenvalue weighted by molar-refractivity contribution is 6.30. The minimum Gasteiger partial charge on any atom is -0.466 e. The summed E-state index contributed by atoms with van der Waals surface area (Å²) >= 11 is 6.13. The molecule has 3 rings (SSSR count). The van der Waals surface area contributed by atoms with Crippen molar-refractivity contribution in [1.29, 1.82) is 0 Å². The molecule has 2 amide bonds. The second-order valence-corrected chi connectivity index (χ2v) is 8.66. The highest BCUT2D eigenvalue weighted by Gasteiger charge is 2.20. The number of esters is 1. The lowest BCUT2D eigenvalue weighted by Gasteiger charge is -2.19. The monoisotopic (exact) mass is 500 g/mol. The first-order chi connectivity index (χ1) is 16.7. The molecule has 1 unspecified atom stereocenters. The minimum atomic E-state index is -0.616. The van der Waals surface area contributed by atoms with Gasteiger partial charge in [0.25, 0.3) is 5.91 Å². The molecule has 1 aliphatic heterocycles. The van der Waals surface area contributed by atoms with E-state index in [9.17, 15) is 14.4 Å². The lowest BCUT2D eigenvalue weighted by atomic mass is 10.0. The number of nitrogens with one attached hydrogen (secondary N) is 2. The largest absolute Gasteiger partial charge is 0.466 e. The number of benzene rings is 2. The van der Waals surface area contributed by atoms with Crippen molar-refractivity contribution in [3.63, 3.8) is 0 Å². The van der Waals surface area contributed by atoms with E-state index in [0.717, 1.165) is 36.3 Å². The van der Waals surface area contributed by atoms with Crippen LogP contribution in [0.3, 0.4) is 0 Å². The van der Waals surface area contributed by atoms with Gasteiger partial charge < -0.3 is 21.1 Å². The standard InChI is InChI=1S/C22H25ClN2O4.C4H8N2/c1-4-29-21(27)12-19(17-9-15(3)10-18(23)11-17)25-20(26)13-24-22(28)16-7-5-6-14(2)8-16;5-4-2-1-3-6-4/h5-11,19H,4,12-13H2,1-3H3,(H,24,28)(H,25,26);1-3H2,(H2,5,6). The maximum absolute atomic E-state index is 12.4. The summed E-state index contributed by atoms with van der Waals surface area (Å²) in [6.45, 7) is 6.46. The minimum absolute atomic E-state index is 0.0365. The molecule has 0 aliphatic carbocycles. The highest BCUT2D eigenvalue weighted by atomic mass is 35.5. The summed E-state index contributed by atoms with van der Waals surface area (Å²) < 4.78 is 5.01. The Morgan fingerprint density at radius 2 is 1.91 bits per heavy atom. The smallest absolute Gasteiger partial charge is 0.308 e.